The van der Waals surface area contributed by atoms with Crippen LogP contribution in [-0.2, 0) is 23.7 Å². The molecule has 6 fully saturated rings. The minimum atomic E-state index is -1.48. The Bertz CT molecular complexity index is 1290. The highest BCUT2D eigenvalue weighted by Gasteiger charge is 2.89. The average Bonchev–Trinajstić information content (AvgIpc) is 3.39. The van der Waals surface area contributed by atoms with E-state index in [1.54, 1.807) is 45.6 Å². The first-order chi connectivity index (χ1) is 20.1. The summed E-state index contributed by atoms with van der Waals surface area (Å²) >= 11 is 0. The van der Waals surface area contributed by atoms with E-state index in [9.17, 15) is 19.8 Å². The van der Waals surface area contributed by atoms with Crippen molar-refractivity contribution < 1.29 is 38.7 Å². The number of ether oxygens (including phenoxy) is 4. The Morgan fingerprint density at radius 1 is 1.07 bits per heavy atom. The number of likely N-dealkylation sites (N-methyl/N-ethyl adjacent to an activating group) is 1. The number of benzene rings is 1. The molecule has 6 unspecified atom stereocenters. The van der Waals surface area contributed by atoms with Gasteiger partial charge in [0.2, 0.25) is 5.91 Å². The summed E-state index contributed by atoms with van der Waals surface area (Å²) in [5.41, 5.74) is -3.57. The molecule has 10 nitrogen and oxygen atoms in total. The van der Waals surface area contributed by atoms with Gasteiger partial charge in [0.05, 0.1) is 29.6 Å². The predicted octanol–water partition coefficient (Wildman–Crippen LogP) is 2.22. The van der Waals surface area contributed by atoms with Crippen LogP contribution in [0, 0.1) is 29.1 Å². The molecular weight excluding hydrogens is 540 g/mol. The van der Waals surface area contributed by atoms with Crippen LogP contribution in [0.3, 0.4) is 0 Å². The molecule has 1 aromatic carbocycles. The molecule has 10 heteroatoms. The Kier molecular flexibility index (Phi) is 6.46. The summed E-state index contributed by atoms with van der Waals surface area (Å²) in [5, 5.41) is 28.4. The van der Waals surface area contributed by atoms with Crippen LogP contribution >= 0.6 is 0 Å². The second kappa shape index (κ2) is 9.46. The van der Waals surface area contributed by atoms with Gasteiger partial charge in [0, 0.05) is 76.3 Å². The first-order valence-corrected chi connectivity index (χ1v) is 15.4. The molecule has 5 saturated carbocycles. The average molecular weight is 585 g/mol. The number of methoxy groups -OCH3 is 3. The third-order valence-corrected chi connectivity index (χ3v) is 12.6. The van der Waals surface area contributed by atoms with E-state index < -0.39 is 34.3 Å². The van der Waals surface area contributed by atoms with Crippen molar-refractivity contribution in [3.8, 4) is 0 Å². The lowest BCUT2D eigenvalue weighted by Gasteiger charge is -2.70. The zero-order valence-corrected chi connectivity index (χ0v) is 25.2. The van der Waals surface area contributed by atoms with Crippen molar-refractivity contribution in [1.29, 1.82) is 0 Å². The predicted molar refractivity (Wildman–Crippen MR) is 152 cm³/mol. The van der Waals surface area contributed by atoms with Gasteiger partial charge in [0.1, 0.15) is 16.8 Å². The zero-order valence-electron chi connectivity index (χ0n) is 25.2. The fourth-order valence-corrected chi connectivity index (χ4v) is 11.6. The van der Waals surface area contributed by atoms with Crippen molar-refractivity contribution >= 4 is 17.6 Å². The minimum Gasteiger partial charge on any atom is -0.454 e. The number of rotatable bonds is 7. The summed E-state index contributed by atoms with van der Waals surface area (Å²) in [6, 6.07) is 6.89. The van der Waals surface area contributed by atoms with Gasteiger partial charge < -0.3 is 34.5 Å². The third-order valence-electron chi connectivity index (χ3n) is 12.6. The number of carbonyl (C=O) groups excluding carboxylic acids is 2. The van der Waals surface area contributed by atoms with Crippen LogP contribution in [0.15, 0.2) is 24.3 Å². The number of likely N-dealkylation sites (tertiary alicyclic amines) is 1. The van der Waals surface area contributed by atoms with Gasteiger partial charge >= 0.3 is 5.97 Å². The van der Waals surface area contributed by atoms with E-state index in [0.29, 0.717) is 56.4 Å². The number of fused-ring (bicyclic) bond motifs is 2. The van der Waals surface area contributed by atoms with E-state index in [-0.39, 0.29) is 47.8 Å². The fourth-order valence-electron chi connectivity index (χ4n) is 11.6. The number of piperidine rings is 1. The highest BCUT2D eigenvalue weighted by Crippen LogP contribution is 2.79. The molecule has 1 spiro atoms. The van der Waals surface area contributed by atoms with Crippen LogP contribution in [-0.4, -0.2) is 103 Å². The van der Waals surface area contributed by atoms with Crippen LogP contribution in [0.5, 0.6) is 0 Å². The summed E-state index contributed by atoms with van der Waals surface area (Å²) in [5.74, 6) is -1.54. The number of hydrogen-bond donors (Lipinski definition) is 3. The van der Waals surface area contributed by atoms with Gasteiger partial charge in [-0.1, -0.05) is 19.1 Å². The van der Waals surface area contributed by atoms with Crippen molar-refractivity contribution in [3.63, 3.8) is 0 Å². The number of aliphatic hydroxyl groups is 2. The Balaban J connectivity index is 1.38. The lowest BCUT2D eigenvalue weighted by Crippen LogP contribution is -2.83. The fraction of sp³-hybridized carbons (Fsp3) is 0.750. The summed E-state index contributed by atoms with van der Waals surface area (Å²) in [7, 11) is 5.05. The van der Waals surface area contributed by atoms with Crippen molar-refractivity contribution in [1.82, 2.24) is 4.90 Å². The Hall–Kier alpha value is -2.08. The van der Waals surface area contributed by atoms with Crippen molar-refractivity contribution in [2.24, 2.45) is 29.1 Å². The highest BCUT2D eigenvalue weighted by molar-refractivity contribution is 6.00. The standard InChI is InChI=1S/C32H44N2O8/c1-6-34-16-29(42-28(36)18-9-7-8-10-21(18)33-17(2)35)12-11-25(40-4)31-23(29)14-20(26(31)34)30(37)15-22(39-3)19-13-24(31)32(30,38)27(19)41-5/h7-10,19-20,22-27,37-38H,6,11-16H2,1-5H3,(H,33,35)/t19-,20-,22?,23?,24?,25?,26?,27+,29-,30+,31+,32?/m1/s1. The van der Waals surface area contributed by atoms with E-state index in [4.69, 9.17) is 18.9 Å². The lowest BCUT2D eigenvalue weighted by molar-refractivity contribution is -0.337. The summed E-state index contributed by atoms with van der Waals surface area (Å²) in [4.78, 5) is 28.3. The van der Waals surface area contributed by atoms with Gasteiger partial charge in [-0.15, -0.1) is 0 Å². The van der Waals surface area contributed by atoms with Gasteiger partial charge in [0.25, 0.3) is 0 Å². The number of amides is 1. The van der Waals surface area contributed by atoms with Crippen LogP contribution in [0.4, 0.5) is 5.69 Å². The van der Waals surface area contributed by atoms with E-state index >= 15 is 0 Å². The van der Waals surface area contributed by atoms with Crippen molar-refractivity contribution in [3.05, 3.63) is 29.8 Å². The number of nitrogens with one attached hydrogen (secondary N) is 1. The highest BCUT2D eigenvalue weighted by atomic mass is 16.6. The number of para-hydroxylation sites is 1. The topological polar surface area (TPSA) is 127 Å². The molecule has 42 heavy (non-hydrogen) atoms. The molecule has 1 saturated heterocycles. The summed E-state index contributed by atoms with van der Waals surface area (Å²) in [6.07, 6.45) is 1.91. The molecule has 0 aromatic heterocycles. The molecule has 7 rings (SSSR count). The van der Waals surface area contributed by atoms with Gasteiger partial charge in [-0.05, 0) is 44.4 Å². The molecular formula is C32H44N2O8. The second-order valence-corrected chi connectivity index (χ2v) is 13.7. The quantitative estimate of drug-likeness (QED) is 0.414. The Labute approximate surface area is 247 Å². The molecule has 230 valence electrons. The van der Waals surface area contributed by atoms with E-state index in [1.165, 1.54) is 6.92 Å². The maximum Gasteiger partial charge on any atom is 0.340 e. The monoisotopic (exact) mass is 584 g/mol. The molecule has 5 aliphatic carbocycles. The number of carbonyl (C=O) groups is 2. The van der Waals surface area contributed by atoms with Crippen molar-refractivity contribution in [2.75, 3.05) is 39.7 Å². The molecule has 1 heterocycles. The first kappa shape index (κ1) is 28.7. The van der Waals surface area contributed by atoms with E-state index in [2.05, 4.69) is 17.1 Å². The van der Waals surface area contributed by atoms with Gasteiger partial charge in [-0.25, -0.2) is 4.79 Å². The second-order valence-electron chi connectivity index (χ2n) is 13.7. The zero-order chi connectivity index (χ0) is 29.8. The smallest absolute Gasteiger partial charge is 0.340 e. The summed E-state index contributed by atoms with van der Waals surface area (Å²) < 4.78 is 25.1. The lowest BCUT2D eigenvalue weighted by atomic mass is 9.44. The Morgan fingerprint density at radius 2 is 1.83 bits per heavy atom. The van der Waals surface area contributed by atoms with Crippen LogP contribution in [0.1, 0.15) is 56.3 Å². The normalized spacial score (nSPS) is 48.2. The number of nitrogens with zero attached hydrogens (tertiary/aromatic N) is 1. The molecule has 0 radical (unpaired) electrons. The minimum absolute atomic E-state index is 0.0432. The van der Waals surface area contributed by atoms with Gasteiger partial charge in [-0.2, -0.15) is 0 Å². The first-order valence-electron chi connectivity index (χ1n) is 15.4. The summed E-state index contributed by atoms with van der Waals surface area (Å²) in [6.45, 7) is 4.79. The van der Waals surface area contributed by atoms with Gasteiger partial charge in [-0.3, -0.25) is 9.69 Å². The molecule has 6 aliphatic rings. The molecule has 1 amide bonds. The third kappa shape index (κ3) is 3.21. The van der Waals surface area contributed by atoms with E-state index in [0.717, 1.165) is 0 Å². The maximum absolute atomic E-state index is 14.0. The van der Waals surface area contributed by atoms with Crippen LogP contribution in [0.2, 0.25) is 0 Å². The van der Waals surface area contributed by atoms with Gasteiger partial charge in [0.15, 0.2) is 0 Å². The van der Waals surface area contributed by atoms with E-state index in [1.807, 2.05) is 0 Å². The van der Waals surface area contributed by atoms with Crippen LogP contribution in [0.25, 0.3) is 0 Å². The SMILES string of the molecule is CCN1C[C@]2(OC(=O)c3ccccc3NC(C)=O)CCC(OC)[C@]34C1[C@@H](CC23)[C@@]1(O)CC(OC)[C@H]2CC4C1(O)[C@H]2OC. The van der Waals surface area contributed by atoms with Crippen LogP contribution < -0.4 is 5.32 Å². The number of esters is 1. The molecule has 12 atom stereocenters. The van der Waals surface area contributed by atoms with Crippen molar-refractivity contribution in [2.45, 2.75) is 87.1 Å². The number of hydrogen-bond acceptors (Lipinski definition) is 9. The maximum atomic E-state index is 14.0. The molecule has 3 N–H and O–H groups in total. The molecule has 1 aliphatic heterocycles. The Morgan fingerprint density at radius 3 is 2.50 bits per heavy atom. The number of anilines is 1. The largest absolute Gasteiger partial charge is 0.454 e. The molecule has 1 aromatic rings. The molecule has 7 bridgehead atoms.